The lowest BCUT2D eigenvalue weighted by Gasteiger charge is -2.26. The van der Waals surface area contributed by atoms with E-state index < -0.39 is 18.0 Å². The van der Waals surface area contributed by atoms with Crippen LogP contribution >= 0.6 is 0 Å². The number of aliphatic hydroxyl groups is 1. The van der Waals surface area contributed by atoms with Gasteiger partial charge in [-0.25, -0.2) is 0 Å². The van der Waals surface area contributed by atoms with Gasteiger partial charge in [-0.15, -0.1) is 0 Å². The summed E-state index contributed by atoms with van der Waals surface area (Å²) in [6.45, 7) is -0.501. The maximum atomic E-state index is 12.4. The lowest BCUT2D eigenvalue weighted by molar-refractivity contribution is 0.231. The molecule has 0 saturated carbocycles. The highest BCUT2D eigenvalue weighted by Crippen LogP contribution is 2.47. The van der Waals surface area contributed by atoms with Crippen molar-refractivity contribution in [2.45, 2.75) is 12.5 Å². The van der Waals surface area contributed by atoms with Crippen LogP contribution in [0.2, 0.25) is 0 Å². The molecule has 1 aliphatic rings. The van der Waals surface area contributed by atoms with Crippen molar-refractivity contribution < 1.29 is 28.5 Å². The van der Waals surface area contributed by atoms with Gasteiger partial charge in [-0.2, -0.15) is 5.26 Å². The third kappa shape index (κ3) is 3.00. The van der Waals surface area contributed by atoms with E-state index in [0.717, 1.165) is 6.07 Å². The number of benzene rings is 1. The third-order valence-electron chi connectivity index (χ3n) is 4.33. The molecule has 2 heterocycles. The smallest absolute Gasteiger partial charge is 0.228 e. The Labute approximate surface area is 160 Å². The van der Waals surface area contributed by atoms with E-state index in [-0.39, 0.29) is 28.7 Å². The van der Waals surface area contributed by atoms with E-state index in [1.165, 1.54) is 21.3 Å². The molecular formula is C19H18N2O7. The van der Waals surface area contributed by atoms with Crippen molar-refractivity contribution in [1.29, 1.82) is 5.26 Å². The number of aliphatic hydroxyl groups excluding tert-OH is 1. The molecule has 0 bridgehead atoms. The quantitative estimate of drug-likeness (QED) is 0.780. The highest BCUT2D eigenvalue weighted by molar-refractivity contribution is 5.60. The monoisotopic (exact) mass is 386 g/mol. The molecule has 3 rings (SSSR count). The van der Waals surface area contributed by atoms with E-state index in [4.69, 9.17) is 29.1 Å². The van der Waals surface area contributed by atoms with Gasteiger partial charge in [0.25, 0.3) is 0 Å². The maximum Gasteiger partial charge on any atom is 0.228 e. The Morgan fingerprint density at radius 2 is 1.79 bits per heavy atom. The molecule has 9 nitrogen and oxygen atoms in total. The molecule has 1 aromatic carbocycles. The summed E-state index contributed by atoms with van der Waals surface area (Å²) in [6.07, 6.45) is 0. The van der Waals surface area contributed by atoms with Crippen LogP contribution in [0.5, 0.6) is 23.0 Å². The van der Waals surface area contributed by atoms with Crippen LogP contribution in [-0.2, 0) is 6.61 Å². The van der Waals surface area contributed by atoms with Crippen molar-refractivity contribution >= 4 is 0 Å². The van der Waals surface area contributed by atoms with Gasteiger partial charge in [0.1, 0.15) is 29.8 Å². The molecule has 0 radical (unpaired) electrons. The van der Waals surface area contributed by atoms with Crippen LogP contribution in [0.3, 0.4) is 0 Å². The van der Waals surface area contributed by atoms with Gasteiger partial charge in [-0.1, -0.05) is 0 Å². The van der Waals surface area contributed by atoms with Crippen LogP contribution in [0.1, 0.15) is 23.0 Å². The minimum Gasteiger partial charge on any atom is -0.496 e. The number of fused-ring (bicyclic) bond motifs is 1. The average Bonchev–Trinajstić information content (AvgIpc) is 2.72. The first-order valence-electron chi connectivity index (χ1n) is 8.14. The minimum absolute atomic E-state index is 0.0227. The van der Waals surface area contributed by atoms with Crippen molar-refractivity contribution in [2.75, 3.05) is 21.3 Å². The molecule has 9 heteroatoms. The van der Waals surface area contributed by atoms with Crippen LogP contribution in [0.4, 0.5) is 0 Å². The first kappa shape index (κ1) is 19.1. The number of methoxy groups -OCH3 is 3. The van der Waals surface area contributed by atoms with Gasteiger partial charge in [-0.05, 0) is 6.07 Å². The van der Waals surface area contributed by atoms with Crippen molar-refractivity contribution in [1.82, 2.24) is 0 Å². The fourth-order valence-corrected chi connectivity index (χ4v) is 3.05. The van der Waals surface area contributed by atoms with Gasteiger partial charge in [0, 0.05) is 17.7 Å². The van der Waals surface area contributed by atoms with Gasteiger partial charge >= 0.3 is 0 Å². The standard InChI is InChI=1S/C19H18N2O7/c1-24-13-6-15(26-3)14(25-2)5-10(13)16-11(7-20)19(21)28-17-12(23)4-9(8-22)27-18(16)17/h4-6,16,22H,8,21H2,1-3H3/t16-/m0/s1. The first-order valence-corrected chi connectivity index (χ1v) is 8.14. The van der Waals surface area contributed by atoms with Gasteiger partial charge < -0.3 is 34.2 Å². The highest BCUT2D eigenvalue weighted by Gasteiger charge is 2.37. The predicted molar refractivity (Wildman–Crippen MR) is 96.3 cm³/mol. The molecule has 146 valence electrons. The van der Waals surface area contributed by atoms with E-state index in [1.54, 1.807) is 12.1 Å². The second kappa shape index (κ2) is 7.54. The number of hydrogen-bond acceptors (Lipinski definition) is 9. The number of ether oxygens (including phenoxy) is 4. The summed E-state index contributed by atoms with van der Waals surface area (Å²) < 4.78 is 27.1. The second-order valence-electron chi connectivity index (χ2n) is 5.80. The highest BCUT2D eigenvalue weighted by atomic mass is 16.5. The van der Waals surface area contributed by atoms with Gasteiger partial charge in [0.05, 0.1) is 27.2 Å². The number of nitrogens with two attached hydrogens (primary N) is 1. The lowest BCUT2D eigenvalue weighted by Crippen LogP contribution is -2.25. The molecule has 0 unspecified atom stereocenters. The van der Waals surface area contributed by atoms with E-state index in [0.29, 0.717) is 22.8 Å². The summed E-state index contributed by atoms with van der Waals surface area (Å²) >= 11 is 0. The lowest BCUT2D eigenvalue weighted by atomic mass is 9.86. The predicted octanol–water partition coefficient (Wildman–Crippen LogP) is 1.38. The Morgan fingerprint density at radius 1 is 1.14 bits per heavy atom. The fourth-order valence-electron chi connectivity index (χ4n) is 3.05. The summed E-state index contributed by atoms with van der Waals surface area (Å²) in [5, 5.41) is 19.1. The number of nitrogens with zero attached hydrogens (tertiary/aromatic N) is 1. The summed E-state index contributed by atoms with van der Waals surface area (Å²) in [7, 11) is 4.39. The van der Waals surface area contributed by atoms with Crippen LogP contribution in [0.25, 0.3) is 0 Å². The normalized spacial score (nSPS) is 15.3. The van der Waals surface area contributed by atoms with E-state index in [9.17, 15) is 15.2 Å². The molecule has 0 spiro atoms. The molecule has 0 saturated heterocycles. The van der Waals surface area contributed by atoms with Crippen molar-refractivity contribution in [3.63, 3.8) is 0 Å². The Morgan fingerprint density at radius 3 is 2.36 bits per heavy atom. The second-order valence-corrected chi connectivity index (χ2v) is 5.80. The van der Waals surface area contributed by atoms with Gasteiger partial charge in [-0.3, -0.25) is 4.79 Å². The van der Waals surface area contributed by atoms with Crippen molar-refractivity contribution in [3.05, 3.63) is 57.0 Å². The zero-order valence-corrected chi connectivity index (χ0v) is 15.4. The van der Waals surface area contributed by atoms with E-state index in [1.807, 2.05) is 6.07 Å². The Balaban J connectivity index is 2.36. The Bertz CT molecular complexity index is 1050. The average molecular weight is 386 g/mol. The molecule has 1 aliphatic heterocycles. The Hall–Kier alpha value is -3.64. The molecule has 0 aliphatic carbocycles. The van der Waals surface area contributed by atoms with E-state index in [2.05, 4.69) is 0 Å². The molecule has 28 heavy (non-hydrogen) atoms. The van der Waals surface area contributed by atoms with Crippen LogP contribution < -0.4 is 30.1 Å². The molecule has 0 amide bonds. The topological polar surface area (TPSA) is 137 Å². The largest absolute Gasteiger partial charge is 0.496 e. The molecule has 1 aromatic heterocycles. The first-order chi connectivity index (χ1) is 13.5. The number of hydrogen-bond donors (Lipinski definition) is 2. The van der Waals surface area contributed by atoms with Crippen molar-refractivity contribution in [3.8, 4) is 29.1 Å². The molecule has 1 atom stereocenters. The van der Waals surface area contributed by atoms with E-state index >= 15 is 0 Å². The van der Waals surface area contributed by atoms with Gasteiger partial charge in [0.15, 0.2) is 17.3 Å². The molecular weight excluding hydrogens is 368 g/mol. The fraction of sp³-hybridized carbons (Fsp3) is 0.263. The number of nitriles is 1. The summed E-state index contributed by atoms with van der Waals surface area (Å²) in [6, 6.07) is 6.29. The molecule has 3 N–H and O–H groups in total. The van der Waals surface area contributed by atoms with Gasteiger partial charge in [0.2, 0.25) is 17.1 Å². The molecule has 2 aromatic rings. The minimum atomic E-state index is -0.914. The summed E-state index contributed by atoms with van der Waals surface area (Å²) in [5.41, 5.74) is 5.84. The SMILES string of the molecule is COc1cc(OC)c([C@H]2C(C#N)=C(N)Oc3c2oc(CO)cc3=O)cc1OC. The maximum absolute atomic E-state index is 12.4. The zero-order valence-electron chi connectivity index (χ0n) is 15.4. The molecule has 0 fully saturated rings. The Kier molecular flexibility index (Phi) is 5.15. The third-order valence-corrected chi connectivity index (χ3v) is 4.33. The number of allylic oxidation sites excluding steroid dienone is 1. The van der Waals surface area contributed by atoms with Crippen LogP contribution in [-0.4, -0.2) is 26.4 Å². The number of rotatable bonds is 5. The summed E-state index contributed by atoms with van der Waals surface area (Å²) in [4.78, 5) is 12.4. The van der Waals surface area contributed by atoms with Crippen LogP contribution in [0.15, 0.2) is 38.9 Å². The zero-order chi connectivity index (χ0) is 20.4. The summed E-state index contributed by atoms with van der Waals surface area (Å²) in [5.74, 6) is -0.0890. The van der Waals surface area contributed by atoms with Crippen molar-refractivity contribution in [2.24, 2.45) is 5.73 Å². The van der Waals surface area contributed by atoms with Crippen LogP contribution in [0, 0.1) is 11.3 Å².